The van der Waals surface area contributed by atoms with Gasteiger partial charge in [0.2, 0.25) is 5.91 Å². The second-order valence-corrected chi connectivity index (χ2v) is 6.66. The van der Waals surface area contributed by atoms with E-state index in [9.17, 15) is 4.79 Å². The van der Waals surface area contributed by atoms with Crippen LogP contribution in [0.25, 0.3) is 0 Å². The van der Waals surface area contributed by atoms with Gasteiger partial charge in [0, 0.05) is 13.6 Å². The van der Waals surface area contributed by atoms with Crippen molar-refractivity contribution >= 4 is 45.6 Å². The lowest BCUT2D eigenvalue weighted by Crippen LogP contribution is -2.45. The lowest BCUT2D eigenvalue weighted by Gasteiger charge is -2.24. The molecule has 104 valence electrons. The van der Waals surface area contributed by atoms with Crippen molar-refractivity contribution in [1.29, 1.82) is 0 Å². The number of nitrogens with two attached hydrogens (primary N) is 1. The molecule has 0 spiro atoms. The van der Waals surface area contributed by atoms with Crippen molar-refractivity contribution in [3.8, 4) is 0 Å². The molecule has 0 aliphatic carbocycles. The number of hydrogen-bond donors (Lipinski definition) is 1. The Morgan fingerprint density at radius 3 is 2.67 bits per heavy atom. The van der Waals surface area contributed by atoms with Crippen molar-refractivity contribution < 1.29 is 4.79 Å². The standard InChI is InChI=1S/C12H19BrN2OS.ClH/c1-4-8(2)11(14)12(16)15(3)6-9-5-10(13)17-7-9;/h5,7-8,11H,4,6,14H2,1-3H3;1H. The number of carbonyl (C=O) groups excluding carboxylic acids is 1. The van der Waals surface area contributed by atoms with Gasteiger partial charge in [-0.25, -0.2) is 0 Å². The maximum atomic E-state index is 12.0. The summed E-state index contributed by atoms with van der Waals surface area (Å²) in [5, 5.41) is 2.04. The first-order chi connectivity index (χ1) is 7.95. The molecule has 1 heterocycles. The molecule has 18 heavy (non-hydrogen) atoms. The van der Waals surface area contributed by atoms with Crippen LogP contribution in [0.3, 0.4) is 0 Å². The summed E-state index contributed by atoms with van der Waals surface area (Å²) in [7, 11) is 1.80. The zero-order chi connectivity index (χ0) is 13.0. The number of thiophene rings is 1. The van der Waals surface area contributed by atoms with Crippen molar-refractivity contribution in [3.63, 3.8) is 0 Å². The van der Waals surface area contributed by atoms with Gasteiger partial charge in [0.1, 0.15) is 0 Å². The Hall–Kier alpha value is -0.100. The molecule has 1 aromatic heterocycles. The Morgan fingerprint density at radius 2 is 2.22 bits per heavy atom. The smallest absolute Gasteiger partial charge is 0.239 e. The van der Waals surface area contributed by atoms with Gasteiger partial charge >= 0.3 is 0 Å². The molecule has 0 bridgehead atoms. The van der Waals surface area contributed by atoms with Crippen LogP contribution in [-0.4, -0.2) is 23.9 Å². The van der Waals surface area contributed by atoms with E-state index in [1.807, 2.05) is 25.3 Å². The summed E-state index contributed by atoms with van der Waals surface area (Å²) in [6.45, 7) is 4.68. The fourth-order valence-electron chi connectivity index (χ4n) is 1.53. The monoisotopic (exact) mass is 354 g/mol. The van der Waals surface area contributed by atoms with Gasteiger partial charge < -0.3 is 10.6 Å². The topological polar surface area (TPSA) is 46.3 Å². The third-order valence-electron chi connectivity index (χ3n) is 2.96. The van der Waals surface area contributed by atoms with E-state index in [0.717, 1.165) is 15.8 Å². The summed E-state index contributed by atoms with van der Waals surface area (Å²) < 4.78 is 1.08. The molecule has 0 fully saturated rings. The Balaban J connectivity index is 0.00000289. The van der Waals surface area contributed by atoms with E-state index >= 15 is 0 Å². The number of nitrogens with zero attached hydrogens (tertiary/aromatic N) is 1. The molecule has 0 saturated carbocycles. The van der Waals surface area contributed by atoms with Crippen LogP contribution < -0.4 is 5.73 Å². The van der Waals surface area contributed by atoms with Gasteiger partial charge in [-0.3, -0.25) is 4.79 Å². The van der Waals surface area contributed by atoms with Crippen molar-refractivity contribution in [3.05, 3.63) is 20.8 Å². The van der Waals surface area contributed by atoms with E-state index in [4.69, 9.17) is 5.73 Å². The van der Waals surface area contributed by atoms with Gasteiger partial charge in [0.05, 0.1) is 9.83 Å². The van der Waals surface area contributed by atoms with Gasteiger partial charge in [-0.15, -0.1) is 23.7 Å². The van der Waals surface area contributed by atoms with Crippen molar-refractivity contribution in [1.82, 2.24) is 4.90 Å². The molecule has 2 N–H and O–H groups in total. The summed E-state index contributed by atoms with van der Waals surface area (Å²) in [6.07, 6.45) is 0.921. The first-order valence-electron chi connectivity index (χ1n) is 5.69. The maximum Gasteiger partial charge on any atom is 0.239 e. The number of likely N-dealkylation sites (N-methyl/N-ethyl adjacent to an activating group) is 1. The molecule has 0 radical (unpaired) electrons. The molecular weight excluding hydrogens is 336 g/mol. The van der Waals surface area contributed by atoms with Crippen LogP contribution in [0, 0.1) is 5.92 Å². The first-order valence-corrected chi connectivity index (χ1v) is 7.36. The third kappa shape index (κ3) is 4.88. The second kappa shape index (κ2) is 8.15. The van der Waals surface area contributed by atoms with E-state index in [1.54, 1.807) is 23.3 Å². The van der Waals surface area contributed by atoms with Crippen LogP contribution in [0.1, 0.15) is 25.8 Å². The summed E-state index contributed by atoms with van der Waals surface area (Å²) >= 11 is 5.04. The zero-order valence-electron chi connectivity index (χ0n) is 10.9. The summed E-state index contributed by atoms with van der Waals surface area (Å²) in [6, 6.07) is 1.63. The Labute approximate surface area is 127 Å². The highest BCUT2D eigenvalue weighted by Crippen LogP contribution is 2.21. The SMILES string of the molecule is CCC(C)C(N)C(=O)N(C)Cc1csc(Br)c1.Cl. The largest absolute Gasteiger partial charge is 0.340 e. The zero-order valence-corrected chi connectivity index (χ0v) is 14.1. The Bertz CT molecular complexity index is 386. The second-order valence-electron chi connectivity index (χ2n) is 4.36. The van der Waals surface area contributed by atoms with E-state index in [2.05, 4.69) is 15.9 Å². The number of carbonyl (C=O) groups is 1. The highest BCUT2D eigenvalue weighted by atomic mass is 79.9. The van der Waals surface area contributed by atoms with Crippen LogP contribution in [0.2, 0.25) is 0 Å². The average Bonchev–Trinajstić information content (AvgIpc) is 2.71. The van der Waals surface area contributed by atoms with E-state index < -0.39 is 6.04 Å². The van der Waals surface area contributed by atoms with Crippen LogP contribution >= 0.6 is 39.7 Å². The average molecular weight is 356 g/mol. The molecule has 1 amide bonds. The quantitative estimate of drug-likeness (QED) is 0.881. The summed E-state index contributed by atoms with van der Waals surface area (Å²) in [5.41, 5.74) is 7.07. The molecule has 1 rings (SSSR count). The van der Waals surface area contributed by atoms with Crippen LogP contribution in [0.4, 0.5) is 0 Å². The van der Waals surface area contributed by atoms with Gasteiger partial charge in [0.25, 0.3) is 0 Å². The molecular formula is C12H20BrClN2OS. The Kier molecular flexibility index (Phi) is 8.10. The lowest BCUT2D eigenvalue weighted by atomic mass is 9.99. The van der Waals surface area contributed by atoms with Crippen LogP contribution in [0.5, 0.6) is 0 Å². The molecule has 0 aliphatic heterocycles. The van der Waals surface area contributed by atoms with Crippen LogP contribution in [-0.2, 0) is 11.3 Å². The van der Waals surface area contributed by atoms with Crippen molar-refractivity contribution in [2.45, 2.75) is 32.9 Å². The summed E-state index contributed by atoms with van der Waals surface area (Å²) in [4.78, 5) is 13.7. The van der Waals surface area contributed by atoms with E-state index in [-0.39, 0.29) is 24.2 Å². The number of hydrogen-bond acceptors (Lipinski definition) is 3. The van der Waals surface area contributed by atoms with Gasteiger partial charge in [-0.1, -0.05) is 20.3 Å². The molecule has 6 heteroatoms. The fourth-order valence-corrected chi connectivity index (χ4v) is 2.73. The van der Waals surface area contributed by atoms with Crippen molar-refractivity contribution in [2.75, 3.05) is 7.05 Å². The van der Waals surface area contributed by atoms with E-state index in [0.29, 0.717) is 6.54 Å². The molecule has 0 aromatic carbocycles. The maximum absolute atomic E-state index is 12.0. The molecule has 0 aliphatic rings. The Morgan fingerprint density at radius 1 is 1.61 bits per heavy atom. The lowest BCUT2D eigenvalue weighted by molar-refractivity contribution is -0.132. The number of amides is 1. The predicted molar refractivity (Wildman–Crippen MR) is 83.2 cm³/mol. The van der Waals surface area contributed by atoms with Crippen LogP contribution in [0.15, 0.2) is 15.2 Å². The van der Waals surface area contributed by atoms with Gasteiger partial charge in [-0.05, 0) is 38.9 Å². The summed E-state index contributed by atoms with van der Waals surface area (Å²) in [5.74, 6) is 0.237. The minimum Gasteiger partial charge on any atom is -0.340 e. The molecule has 3 nitrogen and oxygen atoms in total. The third-order valence-corrected chi connectivity index (χ3v) is 4.51. The van der Waals surface area contributed by atoms with E-state index in [1.165, 1.54) is 0 Å². The normalized spacial score (nSPS) is 13.6. The van der Waals surface area contributed by atoms with Gasteiger partial charge in [-0.2, -0.15) is 0 Å². The molecule has 2 unspecified atom stereocenters. The molecule has 2 atom stereocenters. The minimum absolute atomic E-state index is 0. The molecule has 1 aromatic rings. The molecule has 0 saturated heterocycles. The van der Waals surface area contributed by atoms with Crippen molar-refractivity contribution in [2.24, 2.45) is 11.7 Å². The van der Waals surface area contributed by atoms with Gasteiger partial charge in [0.15, 0.2) is 0 Å². The number of rotatable bonds is 5. The minimum atomic E-state index is -0.396. The predicted octanol–water partition coefficient (Wildman–Crippen LogP) is 3.26. The highest BCUT2D eigenvalue weighted by Gasteiger charge is 2.22. The highest BCUT2D eigenvalue weighted by molar-refractivity contribution is 9.11. The fraction of sp³-hybridized carbons (Fsp3) is 0.583. The number of halogens is 2. The first kappa shape index (κ1) is 17.9.